The molecular weight excluding hydrogens is 328 g/mol. The van der Waals surface area contributed by atoms with Crippen LogP contribution in [0.25, 0.3) is 0 Å². The van der Waals surface area contributed by atoms with Crippen molar-refractivity contribution in [2.45, 2.75) is 51.8 Å². The minimum absolute atomic E-state index is 0.00116. The number of carbonyl (C=O) groups is 1. The maximum Gasteiger partial charge on any atom is 0.408 e. The molecule has 0 bridgehead atoms. The Morgan fingerprint density at radius 3 is 2.56 bits per heavy atom. The van der Waals surface area contributed by atoms with Gasteiger partial charge in [-0.25, -0.2) is 4.79 Å². The quantitative estimate of drug-likeness (QED) is 0.643. The van der Waals surface area contributed by atoms with E-state index in [9.17, 15) is 20.0 Å². The topological polar surface area (TPSA) is 102 Å². The molecule has 1 aliphatic rings. The highest BCUT2D eigenvalue weighted by atomic mass is 16.6. The lowest BCUT2D eigenvalue weighted by Gasteiger charge is -2.33. The first kappa shape index (κ1) is 19.0. The van der Waals surface area contributed by atoms with Crippen LogP contribution in [0.5, 0.6) is 5.75 Å². The minimum Gasteiger partial charge on any atom is -0.490 e. The Kier molecular flexibility index (Phi) is 5.84. The van der Waals surface area contributed by atoms with Crippen molar-refractivity contribution in [3.8, 4) is 5.75 Å². The van der Waals surface area contributed by atoms with Gasteiger partial charge in [0, 0.05) is 24.4 Å². The first-order chi connectivity index (χ1) is 11.7. The van der Waals surface area contributed by atoms with E-state index in [1.54, 1.807) is 32.9 Å². The van der Waals surface area contributed by atoms with Crippen LogP contribution in [-0.4, -0.2) is 45.9 Å². The van der Waals surface area contributed by atoms with Crippen LogP contribution in [0.3, 0.4) is 0 Å². The van der Waals surface area contributed by atoms with Crippen LogP contribution in [0, 0.1) is 10.1 Å². The summed E-state index contributed by atoms with van der Waals surface area (Å²) in [5, 5.41) is 20.7. The molecule has 1 aromatic carbocycles. The lowest BCUT2D eigenvalue weighted by atomic mass is 10.0. The second-order valence-corrected chi connectivity index (χ2v) is 7.02. The molecule has 1 saturated heterocycles. The van der Waals surface area contributed by atoms with E-state index < -0.39 is 16.6 Å². The number of nitro groups is 1. The van der Waals surface area contributed by atoms with Gasteiger partial charge in [-0.05, 0) is 32.9 Å². The SMILES string of the molecule is CC(C)(C)N(Cc1cc(OC2CCOCC2)ccc1[N+](=O)[O-])C(=O)O. The van der Waals surface area contributed by atoms with Gasteiger partial charge in [-0.3, -0.25) is 15.0 Å². The summed E-state index contributed by atoms with van der Waals surface area (Å²) in [5.41, 5.74) is -0.487. The smallest absolute Gasteiger partial charge is 0.408 e. The van der Waals surface area contributed by atoms with Crippen molar-refractivity contribution in [1.29, 1.82) is 0 Å². The Morgan fingerprint density at radius 2 is 2.04 bits per heavy atom. The summed E-state index contributed by atoms with van der Waals surface area (Å²) in [5.74, 6) is 0.506. The maximum absolute atomic E-state index is 11.5. The average molecular weight is 352 g/mol. The van der Waals surface area contributed by atoms with Crippen LogP contribution in [0.15, 0.2) is 18.2 Å². The monoisotopic (exact) mass is 352 g/mol. The van der Waals surface area contributed by atoms with Crippen LogP contribution in [-0.2, 0) is 11.3 Å². The van der Waals surface area contributed by atoms with E-state index >= 15 is 0 Å². The fraction of sp³-hybridized carbons (Fsp3) is 0.588. The second-order valence-electron chi connectivity index (χ2n) is 7.02. The standard InChI is InChI=1S/C17H24N2O6/c1-17(2,3)18(16(20)21)11-12-10-14(4-5-15(12)19(22)23)25-13-6-8-24-9-7-13/h4-5,10,13H,6-9,11H2,1-3H3,(H,20,21). The number of nitrogens with zero attached hydrogens (tertiary/aromatic N) is 2. The molecule has 1 N–H and O–H groups in total. The Hall–Kier alpha value is -2.35. The van der Waals surface area contributed by atoms with Gasteiger partial charge in [0.2, 0.25) is 0 Å². The van der Waals surface area contributed by atoms with Crippen molar-refractivity contribution >= 4 is 11.8 Å². The summed E-state index contributed by atoms with van der Waals surface area (Å²) in [6, 6.07) is 4.49. The van der Waals surface area contributed by atoms with Crippen LogP contribution in [0.4, 0.5) is 10.5 Å². The van der Waals surface area contributed by atoms with Crippen LogP contribution < -0.4 is 4.74 Å². The summed E-state index contributed by atoms with van der Waals surface area (Å²) in [6.45, 7) is 6.41. The number of carboxylic acid groups (broad SMARTS) is 1. The number of nitro benzene ring substituents is 1. The molecule has 1 amide bonds. The third-order valence-corrected chi connectivity index (χ3v) is 4.09. The molecule has 0 aromatic heterocycles. The zero-order valence-corrected chi connectivity index (χ0v) is 14.7. The second kappa shape index (κ2) is 7.69. The molecule has 0 unspecified atom stereocenters. The Balaban J connectivity index is 2.27. The van der Waals surface area contributed by atoms with Gasteiger partial charge in [0.15, 0.2) is 0 Å². The summed E-state index contributed by atoms with van der Waals surface area (Å²) < 4.78 is 11.2. The summed E-state index contributed by atoms with van der Waals surface area (Å²) in [4.78, 5) is 23.5. The largest absolute Gasteiger partial charge is 0.490 e. The number of benzene rings is 1. The van der Waals surface area contributed by atoms with Gasteiger partial charge in [-0.2, -0.15) is 0 Å². The van der Waals surface area contributed by atoms with E-state index in [1.807, 2.05) is 0 Å². The molecular formula is C17H24N2O6. The fourth-order valence-electron chi connectivity index (χ4n) is 2.69. The van der Waals surface area contributed by atoms with Gasteiger partial charge in [0.05, 0.1) is 30.2 Å². The Morgan fingerprint density at radius 1 is 1.40 bits per heavy atom. The van der Waals surface area contributed by atoms with Gasteiger partial charge in [-0.1, -0.05) is 0 Å². The van der Waals surface area contributed by atoms with Gasteiger partial charge in [0.25, 0.3) is 5.69 Å². The summed E-state index contributed by atoms with van der Waals surface area (Å²) >= 11 is 0. The molecule has 1 heterocycles. The summed E-state index contributed by atoms with van der Waals surface area (Å²) in [7, 11) is 0. The van der Waals surface area contributed by atoms with Crippen LogP contribution >= 0.6 is 0 Å². The van der Waals surface area contributed by atoms with E-state index in [1.165, 1.54) is 11.0 Å². The number of ether oxygens (including phenoxy) is 2. The molecule has 1 aliphatic heterocycles. The minimum atomic E-state index is -1.13. The van der Waals surface area contributed by atoms with E-state index in [2.05, 4.69) is 0 Å². The van der Waals surface area contributed by atoms with Crippen LogP contribution in [0.2, 0.25) is 0 Å². The molecule has 0 aliphatic carbocycles. The highest BCUT2D eigenvalue weighted by molar-refractivity contribution is 5.66. The first-order valence-electron chi connectivity index (χ1n) is 8.21. The van der Waals surface area contributed by atoms with Crippen molar-refractivity contribution in [1.82, 2.24) is 4.90 Å². The zero-order chi connectivity index (χ0) is 18.6. The van der Waals surface area contributed by atoms with Gasteiger partial charge >= 0.3 is 6.09 Å². The number of rotatable bonds is 5. The van der Waals surface area contributed by atoms with E-state index in [0.717, 1.165) is 12.8 Å². The number of amides is 1. The lowest BCUT2D eigenvalue weighted by Crippen LogP contribution is -2.44. The van der Waals surface area contributed by atoms with Crippen molar-refractivity contribution < 1.29 is 24.3 Å². The normalized spacial score (nSPS) is 15.6. The predicted octanol–water partition coefficient (Wildman–Crippen LogP) is 3.43. The molecule has 1 fully saturated rings. The highest BCUT2D eigenvalue weighted by Crippen LogP contribution is 2.29. The molecule has 0 saturated carbocycles. The van der Waals surface area contributed by atoms with Crippen LogP contribution in [0.1, 0.15) is 39.2 Å². The zero-order valence-electron chi connectivity index (χ0n) is 14.7. The molecule has 8 nitrogen and oxygen atoms in total. The molecule has 1 aromatic rings. The van der Waals surface area contributed by atoms with Crippen molar-refractivity contribution in [2.24, 2.45) is 0 Å². The first-order valence-corrected chi connectivity index (χ1v) is 8.21. The van der Waals surface area contributed by atoms with Gasteiger partial charge in [0.1, 0.15) is 11.9 Å². The molecule has 0 radical (unpaired) electrons. The fourth-order valence-corrected chi connectivity index (χ4v) is 2.69. The molecule has 0 spiro atoms. The number of hydrogen-bond donors (Lipinski definition) is 1. The maximum atomic E-state index is 11.5. The van der Waals surface area contributed by atoms with Gasteiger partial charge < -0.3 is 14.6 Å². The number of hydrogen-bond acceptors (Lipinski definition) is 5. The average Bonchev–Trinajstić information content (AvgIpc) is 2.52. The Labute approximate surface area is 146 Å². The van der Waals surface area contributed by atoms with E-state index in [0.29, 0.717) is 24.5 Å². The van der Waals surface area contributed by atoms with Crippen molar-refractivity contribution in [2.75, 3.05) is 13.2 Å². The van der Waals surface area contributed by atoms with Gasteiger partial charge in [-0.15, -0.1) is 0 Å². The Bertz CT molecular complexity index is 635. The highest BCUT2D eigenvalue weighted by Gasteiger charge is 2.29. The molecule has 8 heteroatoms. The predicted molar refractivity (Wildman–Crippen MR) is 90.9 cm³/mol. The van der Waals surface area contributed by atoms with Crippen molar-refractivity contribution in [3.63, 3.8) is 0 Å². The lowest BCUT2D eigenvalue weighted by molar-refractivity contribution is -0.385. The summed E-state index contributed by atoms with van der Waals surface area (Å²) in [6.07, 6.45) is 0.393. The molecule has 2 rings (SSSR count). The van der Waals surface area contributed by atoms with E-state index in [4.69, 9.17) is 9.47 Å². The van der Waals surface area contributed by atoms with E-state index in [-0.39, 0.29) is 18.3 Å². The molecule has 138 valence electrons. The molecule has 25 heavy (non-hydrogen) atoms. The third-order valence-electron chi connectivity index (χ3n) is 4.09. The van der Waals surface area contributed by atoms with Crippen molar-refractivity contribution in [3.05, 3.63) is 33.9 Å². The molecule has 0 atom stereocenters. The third kappa shape index (κ3) is 5.06.